The molecule has 0 saturated heterocycles. The molecule has 2 aromatic rings. The highest BCUT2D eigenvalue weighted by Gasteiger charge is 2.16. The van der Waals surface area contributed by atoms with Crippen LogP contribution in [-0.2, 0) is 0 Å². The van der Waals surface area contributed by atoms with E-state index in [4.69, 9.17) is 0 Å². The number of carbonyl (C=O) groups is 1. The predicted molar refractivity (Wildman–Crippen MR) is 85.5 cm³/mol. The van der Waals surface area contributed by atoms with Crippen LogP contribution in [0.15, 0.2) is 42.6 Å². The molecule has 0 aliphatic heterocycles. The highest BCUT2D eigenvalue weighted by Crippen LogP contribution is 2.19. The number of hydrogen-bond acceptors (Lipinski definition) is 3. The van der Waals surface area contributed by atoms with E-state index < -0.39 is 0 Å². The summed E-state index contributed by atoms with van der Waals surface area (Å²) in [4.78, 5) is 16.7. The average Bonchev–Trinajstić information content (AvgIpc) is 2.53. The molecule has 1 amide bonds. The minimum Gasteiger partial charge on any atom is -0.387 e. The molecule has 0 saturated carbocycles. The Kier molecular flexibility index (Phi) is 4.93. The largest absolute Gasteiger partial charge is 0.387 e. The van der Waals surface area contributed by atoms with Crippen LogP contribution in [0.3, 0.4) is 0 Å². The van der Waals surface area contributed by atoms with Crippen molar-refractivity contribution in [2.75, 3.05) is 12.4 Å². The number of amides is 1. The molecule has 2 N–H and O–H groups in total. The van der Waals surface area contributed by atoms with E-state index in [1.807, 2.05) is 43.3 Å². The van der Waals surface area contributed by atoms with Crippen molar-refractivity contribution in [3.05, 3.63) is 59.4 Å². The molecule has 1 aromatic carbocycles. The van der Waals surface area contributed by atoms with Crippen molar-refractivity contribution < 1.29 is 4.79 Å². The maximum Gasteiger partial charge on any atom is 0.255 e. The van der Waals surface area contributed by atoms with Crippen molar-refractivity contribution in [3.8, 4) is 0 Å². The maximum atomic E-state index is 12.5. The first-order valence-corrected chi connectivity index (χ1v) is 7.16. The van der Waals surface area contributed by atoms with Gasteiger partial charge in [-0.25, -0.2) is 0 Å². The van der Waals surface area contributed by atoms with Crippen molar-refractivity contribution in [1.29, 1.82) is 0 Å². The summed E-state index contributed by atoms with van der Waals surface area (Å²) >= 11 is 0. The van der Waals surface area contributed by atoms with Crippen LogP contribution in [0.25, 0.3) is 0 Å². The molecule has 0 spiro atoms. The summed E-state index contributed by atoms with van der Waals surface area (Å²) in [6, 6.07) is 11.9. The number of hydrogen-bond donors (Lipinski definition) is 2. The average molecular weight is 283 g/mol. The normalized spacial score (nSPS) is 11.8. The van der Waals surface area contributed by atoms with Crippen LogP contribution in [-0.4, -0.2) is 17.9 Å². The molecule has 0 aliphatic rings. The molecule has 0 aliphatic carbocycles. The molecule has 0 fully saturated rings. The Labute approximate surface area is 125 Å². The predicted octanol–water partition coefficient (Wildman–Crippen LogP) is 3.31. The Bertz CT molecular complexity index is 611. The van der Waals surface area contributed by atoms with Gasteiger partial charge in [-0.15, -0.1) is 0 Å². The monoisotopic (exact) mass is 283 g/mol. The summed E-state index contributed by atoms with van der Waals surface area (Å²) < 4.78 is 0. The standard InChI is InChI=1S/C17H21N3O/c1-4-15(13-8-6-5-7-9-13)20-17(21)14-11-19-12(2)10-16(14)18-3/h5-11,15H,4H2,1-3H3,(H,18,19)(H,20,21). The van der Waals surface area contributed by atoms with E-state index in [1.165, 1.54) is 0 Å². The van der Waals surface area contributed by atoms with E-state index >= 15 is 0 Å². The number of anilines is 1. The zero-order valence-corrected chi connectivity index (χ0v) is 12.7. The Morgan fingerprint density at radius 3 is 2.62 bits per heavy atom. The zero-order valence-electron chi connectivity index (χ0n) is 12.7. The number of carbonyl (C=O) groups excluding carboxylic acids is 1. The third-order valence-corrected chi connectivity index (χ3v) is 3.47. The van der Waals surface area contributed by atoms with Crippen LogP contribution in [0.2, 0.25) is 0 Å². The molecule has 1 unspecified atom stereocenters. The van der Waals surface area contributed by atoms with Gasteiger partial charge in [0.25, 0.3) is 5.91 Å². The summed E-state index contributed by atoms with van der Waals surface area (Å²) in [7, 11) is 1.81. The van der Waals surface area contributed by atoms with Gasteiger partial charge in [-0.1, -0.05) is 37.3 Å². The lowest BCUT2D eigenvalue weighted by Gasteiger charge is -2.18. The van der Waals surface area contributed by atoms with Crippen molar-refractivity contribution in [3.63, 3.8) is 0 Å². The Morgan fingerprint density at radius 2 is 2.00 bits per heavy atom. The lowest BCUT2D eigenvalue weighted by molar-refractivity contribution is 0.0936. The highest BCUT2D eigenvalue weighted by atomic mass is 16.1. The van der Waals surface area contributed by atoms with Gasteiger partial charge in [-0.05, 0) is 25.0 Å². The lowest BCUT2D eigenvalue weighted by Crippen LogP contribution is -2.28. The maximum absolute atomic E-state index is 12.5. The first-order valence-electron chi connectivity index (χ1n) is 7.16. The second-order valence-corrected chi connectivity index (χ2v) is 4.97. The minimum absolute atomic E-state index is 0.00436. The number of pyridine rings is 1. The van der Waals surface area contributed by atoms with Gasteiger partial charge in [0.15, 0.2) is 0 Å². The smallest absolute Gasteiger partial charge is 0.255 e. The van der Waals surface area contributed by atoms with Crippen LogP contribution >= 0.6 is 0 Å². The molecule has 1 atom stereocenters. The van der Waals surface area contributed by atoms with E-state index in [-0.39, 0.29) is 11.9 Å². The SMILES string of the molecule is CCC(NC(=O)c1cnc(C)cc1NC)c1ccccc1. The molecule has 4 heteroatoms. The van der Waals surface area contributed by atoms with Gasteiger partial charge in [-0.2, -0.15) is 0 Å². The molecular formula is C17H21N3O. The topological polar surface area (TPSA) is 54.0 Å². The highest BCUT2D eigenvalue weighted by molar-refractivity contribution is 5.99. The van der Waals surface area contributed by atoms with Crippen molar-refractivity contribution >= 4 is 11.6 Å². The van der Waals surface area contributed by atoms with E-state index in [1.54, 1.807) is 13.2 Å². The molecular weight excluding hydrogens is 262 g/mol. The zero-order chi connectivity index (χ0) is 15.2. The van der Waals surface area contributed by atoms with Gasteiger partial charge in [0, 0.05) is 18.9 Å². The lowest BCUT2D eigenvalue weighted by atomic mass is 10.0. The van der Waals surface area contributed by atoms with Gasteiger partial charge >= 0.3 is 0 Å². The quantitative estimate of drug-likeness (QED) is 0.885. The Balaban J connectivity index is 2.21. The molecule has 110 valence electrons. The van der Waals surface area contributed by atoms with Gasteiger partial charge < -0.3 is 10.6 Å². The number of aryl methyl sites for hydroxylation is 1. The molecule has 0 bridgehead atoms. The second kappa shape index (κ2) is 6.88. The van der Waals surface area contributed by atoms with Crippen molar-refractivity contribution in [2.24, 2.45) is 0 Å². The van der Waals surface area contributed by atoms with Gasteiger partial charge in [-0.3, -0.25) is 9.78 Å². The molecule has 0 radical (unpaired) electrons. The van der Waals surface area contributed by atoms with Gasteiger partial charge in [0.1, 0.15) is 0 Å². The number of nitrogens with one attached hydrogen (secondary N) is 2. The summed E-state index contributed by atoms with van der Waals surface area (Å²) in [5.41, 5.74) is 3.35. The van der Waals surface area contributed by atoms with E-state index in [2.05, 4.69) is 22.5 Å². The summed E-state index contributed by atoms with van der Waals surface area (Å²) in [5, 5.41) is 6.12. The Morgan fingerprint density at radius 1 is 1.29 bits per heavy atom. The number of aromatic nitrogens is 1. The second-order valence-electron chi connectivity index (χ2n) is 4.97. The van der Waals surface area contributed by atoms with Crippen LogP contribution in [0.5, 0.6) is 0 Å². The summed E-state index contributed by atoms with van der Waals surface area (Å²) in [5.74, 6) is -0.109. The molecule has 21 heavy (non-hydrogen) atoms. The third kappa shape index (κ3) is 3.60. The van der Waals surface area contributed by atoms with Crippen LogP contribution in [0.1, 0.15) is 41.0 Å². The fourth-order valence-corrected chi connectivity index (χ4v) is 2.29. The molecule has 4 nitrogen and oxygen atoms in total. The summed E-state index contributed by atoms with van der Waals surface area (Å²) in [6.45, 7) is 3.96. The van der Waals surface area contributed by atoms with E-state index in [0.29, 0.717) is 5.56 Å². The molecule has 1 heterocycles. The van der Waals surface area contributed by atoms with E-state index in [9.17, 15) is 4.79 Å². The van der Waals surface area contributed by atoms with Gasteiger partial charge in [0.05, 0.1) is 17.3 Å². The number of nitrogens with zero attached hydrogens (tertiary/aromatic N) is 1. The first kappa shape index (κ1) is 15.0. The fourth-order valence-electron chi connectivity index (χ4n) is 2.29. The molecule has 1 aromatic heterocycles. The minimum atomic E-state index is -0.109. The van der Waals surface area contributed by atoms with Crippen LogP contribution < -0.4 is 10.6 Å². The first-order chi connectivity index (χ1) is 10.2. The van der Waals surface area contributed by atoms with Crippen LogP contribution in [0.4, 0.5) is 5.69 Å². The summed E-state index contributed by atoms with van der Waals surface area (Å²) in [6.07, 6.45) is 2.46. The van der Waals surface area contributed by atoms with Crippen molar-refractivity contribution in [2.45, 2.75) is 26.3 Å². The van der Waals surface area contributed by atoms with Crippen molar-refractivity contribution in [1.82, 2.24) is 10.3 Å². The van der Waals surface area contributed by atoms with Gasteiger partial charge in [0.2, 0.25) is 0 Å². The third-order valence-electron chi connectivity index (χ3n) is 3.47. The van der Waals surface area contributed by atoms with Crippen LogP contribution in [0, 0.1) is 6.92 Å². The number of benzene rings is 1. The van der Waals surface area contributed by atoms with E-state index in [0.717, 1.165) is 23.4 Å². The fraction of sp³-hybridized carbons (Fsp3) is 0.294. The number of rotatable bonds is 5. The Hall–Kier alpha value is -2.36. The molecule has 2 rings (SSSR count).